The number of hydrogen-bond donors (Lipinski definition) is 2. The van der Waals surface area contributed by atoms with Crippen molar-refractivity contribution in [2.75, 3.05) is 6.54 Å². The lowest BCUT2D eigenvalue weighted by Gasteiger charge is -2.11. The van der Waals surface area contributed by atoms with Gasteiger partial charge >= 0.3 is 0 Å². The van der Waals surface area contributed by atoms with E-state index in [1.54, 1.807) is 6.07 Å². The molecule has 0 saturated heterocycles. The summed E-state index contributed by atoms with van der Waals surface area (Å²) in [7, 11) is 0. The first kappa shape index (κ1) is 15.6. The zero-order valence-corrected chi connectivity index (χ0v) is 13.9. The average Bonchev–Trinajstić information content (AvgIpc) is 3.01. The number of aromatic nitrogens is 2. The molecule has 2 N–H and O–H groups in total. The number of benzene rings is 1. The highest BCUT2D eigenvalue weighted by atomic mass is 35.5. The highest BCUT2D eigenvalue weighted by Gasteiger charge is 2.20. The largest absolute Gasteiger partial charge is 0.358 e. The normalized spacial score (nSPS) is 13.1. The van der Waals surface area contributed by atoms with Crippen LogP contribution in [-0.2, 0) is 6.42 Å². The number of carbonyl (C=O) groups excluding carboxylic acids is 1. The molecule has 0 radical (unpaired) electrons. The fourth-order valence-electron chi connectivity index (χ4n) is 2.78. The van der Waals surface area contributed by atoms with Gasteiger partial charge in [-0.1, -0.05) is 43.6 Å². The molecule has 0 aliphatic carbocycles. The first-order valence-corrected chi connectivity index (χ1v) is 8.16. The number of amides is 1. The van der Waals surface area contributed by atoms with Crippen LogP contribution in [-0.4, -0.2) is 22.4 Å². The van der Waals surface area contributed by atoms with Crippen LogP contribution in [0.3, 0.4) is 0 Å². The van der Waals surface area contributed by atoms with Gasteiger partial charge in [0.05, 0.1) is 11.1 Å². The number of para-hydroxylation sites is 1. The first-order chi connectivity index (χ1) is 11.2. The van der Waals surface area contributed by atoms with E-state index in [1.807, 2.05) is 44.2 Å². The van der Waals surface area contributed by atoms with Gasteiger partial charge < -0.3 is 10.3 Å². The second-order valence-electron chi connectivity index (χ2n) is 5.09. The van der Waals surface area contributed by atoms with Crippen LogP contribution in [0, 0.1) is 0 Å². The lowest BCUT2D eigenvalue weighted by Crippen LogP contribution is -2.31. The van der Waals surface area contributed by atoms with Gasteiger partial charge in [-0.3, -0.25) is 4.79 Å². The van der Waals surface area contributed by atoms with E-state index in [4.69, 9.17) is 11.6 Å². The number of aromatic amines is 1. The van der Waals surface area contributed by atoms with Crippen molar-refractivity contribution in [3.8, 4) is 11.3 Å². The van der Waals surface area contributed by atoms with Crippen molar-refractivity contribution in [1.82, 2.24) is 15.3 Å². The molecule has 2 aromatic heterocycles. The zero-order valence-electron chi connectivity index (χ0n) is 13.1. The highest BCUT2D eigenvalue weighted by molar-refractivity contribution is 6.29. The van der Waals surface area contributed by atoms with E-state index >= 15 is 0 Å². The van der Waals surface area contributed by atoms with Crippen LogP contribution in [0.15, 0.2) is 36.4 Å². The fraction of sp³-hybridized carbons (Fsp3) is 0.222. The average molecular weight is 328 g/mol. The molecule has 3 heterocycles. The smallest absolute Gasteiger partial charge is 0.253 e. The lowest BCUT2D eigenvalue weighted by molar-refractivity contribution is 0.0946. The van der Waals surface area contributed by atoms with Gasteiger partial charge in [0.1, 0.15) is 5.15 Å². The molecule has 0 saturated carbocycles. The Bertz CT molecular complexity index is 870. The van der Waals surface area contributed by atoms with Crippen molar-refractivity contribution >= 4 is 28.4 Å². The zero-order chi connectivity index (χ0) is 16.4. The molecule has 1 aliphatic rings. The van der Waals surface area contributed by atoms with Crippen molar-refractivity contribution in [3.05, 3.63) is 52.8 Å². The van der Waals surface area contributed by atoms with Gasteiger partial charge in [-0.25, -0.2) is 4.98 Å². The van der Waals surface area contributed by atoms with Crippen LogP contribution in [0.4, 0.5) is 0 Å². The summed E-state index contributed by atoms with van der Waals surface area (Å²) in [6, 6.07) is 11.6. The van der Waals surface area contributed by atoms with Crippen LogP contribution in [0.5, 0.6) is 0 Å². The Morgan fingerprint density at radius 3 is 2.74 bits per heavy atom. The van der Waals surface area contributed by atoms with Crippen LogP contribution in [0.2, 0.25) is 5.15 Å². The molecular weight excluding hydrogens is 310 g/mol. The standard InChI is InChI=1S/C16H12ClN3O.C2H6/c17-14-5-4-9-2-1-3-10(15(9)20-14)13-8-11-12(19-13)6-7-18-16(11)21;1-2/h1-5,8,19H,6-7H2,(H,18,21);1-2H3. The third-order valence-corrected chi connectivity index (χ3v) is 3.99. The van der Waals surface area contributed by atoms with Gasteiger partial charge in [0.2, 0.25) is 0 Å². The van der Waals surface area contributed by atoms with Crippen LogP contribution in [0.25, 0.3) is 22.2 Å². The van der Waals surface area contributed by atoms with Gasteiger partial charge in [-0.05, 0) is 18.2 Å². The minimum atomic E-state index is -0.0232. The Labute approximate surface area is 139 Å². The van der Waals surface area contributed by atoms with Gasteiger partial charge in [0.15, 0.2) is 0 Å². The third-order valence-electron chi connectivity index (χ3n) is 3.78. The van der Waals surface area contributed by atoms with Crippen LogP contribution in [0.1, 0.15) is 29.9 Å². The van der Waals surface area contributed by atoms with E-state index in [0.29, 0.717) is 11.7 Å². The molecule has 0 spiro atoms. The molecular formula is C18H18ClN3O. The number of pyridine rings is 1. The fourth-order valence-corrected chi connectivity index (χ4v) is 2.93. The molecule has 1 aliphatic heterocycles. The van der Waals surface area contributed by atoms with Gasteiger partial charge in [-0.15, -0.1) is 0 Å². The summed E-state index contributed by atoms with van der Waals surface area (Å²) in [5, 5.41) is 4.34. The number of nitrogens with zero attached hydrogens (tertiary/aromatic N) is 1. The monoisotopic (exact) mass is 327 g/mol. The molecule has 0 bridgehead atoms. The van der Waals surface area contributed by atoms with Crippen LogP contribution >= 0.6 is 11.6 Å². The number of hydrogen-bond acceptors (Lipinski definition) is 2. The second kappa shape index (κ2) is 6.42. The van der Waals surface area contributed by atoms with Crippen molar-refractivity contribution in [1.29, 1.82) is 0 Å². The van der Waals surface area contributed by atoms with Gasteiger partial charge in [0.25, 0.3) is 5.91 Å². The van der Waals surface area contributed by atoms with E-state index in [9.17, 15) is 4.79 Å². The SMILES string of the molecule is CC.O=C1NCCc2[nH]c(-c3cccc4ccc(Cl)nc34)cc21. The van der Waals surface area contributed by atoms with Crippen molar-refractivity contribution in [2.24, 2.45) is 0 Å². The molecule has 0 unspecified atom stereocenters. The summed E-state index contributed by atoms with van der Waals surface area (Å²) < 4.78 is 0. The van der Waals surface area contributed by atoms with E-state index in [2.05, 4.69) is 15.3 Å². The van der Waals surface area contributed by atoms with E-state index < -0.39 is 0 Å². The summed E-state index contributed by atoms with van der Waals surface area (Å²) in [6.45, 7) is 4.67. The summed E-state index contributed by atoms with van der Waals surface area (Å²) in [5.41, 5.74) is 4.39. The Hall–Kier alpha value is -2.33. The Balaban J connectivity index is 0.000000753. The second-order valence-corrected chi connectivity index (χ2v) is 5.48. The summed E-state index contributed by atoms with van der Waals surface area (Å²) >= 11 is 6.02. The topological polar surface area (TPSA) is 57.8 Å². The quantitative estimate of drug-likeness (QED) is 0.658. The van der Waals surface area contributed by atoms with E-state index in [-0.39, 0.29) is 5.91 Å². The number of H-pyrrole nitrogens is 1. The lowest BCUT2D eigenvalue weighted by atomic mass is 10.1. The molecule has 1 aromatic carbocycles. The summed E-state index contributed by atoms with van der Waals surface area (Å²) in [5.74, 6) is -0.0232. The number of rotatable bonds is 1. The number of nitrogens with one attached hydrogen (secondary N) is 2. The van der Waals surface area contributed by atoms with Crippen molar-refractivity contribution < 1.29 is 4.79 Å². The summed E-state index contributed by atoms with van der Waals surface area (Å²) in [6.07, 6.45) is 0.819. The van der Waals surface area contributed by atoms with E-state index in [0.717, 1.165) is 39.8 Å². The molecule has 118 valence electrons. The predicted octanol–water partition coefficient (Wildman–Crippen LogP) is 4.20. The molecule has 4 rings (SSSR count). The molecule has 0 fully saturated rings. The Morgan fingerprint density at radius 1 is 1.13 bits per heavy atom. The number of halogens is 1. The Kier molecular flexibility index (Phi) is 4.35. The van der Waals surface area contributed by atoms with Crippen molar-refractivity contribution in [3.63, 3.8) is 0 Å². The first-order valence-electron chi connectivity index (χ1n) is 7.78. The van der Waals surface area contributed by atoms with Crippen molar-refractivity contribution in [2.45, 2.75) is 20.3 Å². The maximum atomic E-state index is 11.9. The summed E-state index contributed by atoms with van der Waals surface area (Å²) in [4.78, 5) is 19.7. The molecule has 1 amide bonds. The number of fused-ring (bicyclic) bond motifs is 2. The third kappa shape index (κ3) is 2.82. The number of carbonyl (C=O) groups is 1. The molecule has 23 heavy (non-hydrogen) atoms. The minimum absolute atomic E-state index is 0.0232. The van der Waals surface area contributed by atoms with Crippen LogP contribution < -0.4 is 5.32 Å². The van der Waals surface area contributed by atoms with Gasteiger partial charge in [-0.2, -0.15) is 0 Å². The molecule has 0 atom stereocenters. The predicted molar refractivity (Wildman–Crippen MR) is 93.9 cm³/mol. The maximum absolute atomic E-state index is 11.9. The maximum Gasteiger partial charge on any atom is 0.253 e. The Morgan fingerprint density at radius 2 is 1.96 bits per heavy atom. The molecule has 4 nitrogen and oxygen atoms in total. The highest BCUT2D eigenvalue weighted by Crippen LogP contribution is 2.30. The molecule has 5 heteroatoms. The van der Waals surface area contributed by atoms with Gasteiger partial charge in [0, 0.05) is 35.3 Å². The van der Waals surface area contributed by atoms with E-state index in [1.165, 1.54) is 0 Å². The molecule has 3 aromatic rings. The minimum Gasteiger partial charge on any atom is -0.358 e.